The average molecular weight is 408 g/mol. The first kappa shape index (κ1) is 19.5. The lowest BCUT2D eigenvalue weighted by Gasteiger charge is -2.15. The van der Waals surface area contributed by atoms with Gasteiger partial charge in [-0.15, -0.1) is 11.3 Å². The highest BCUT2D eigenvalue weighted by molar-refractivity contribution is 7.89. The molecular formula is C18H21N3O4S2. The maximum Gasteiger partial charge on any atom is 0.263 e. The number of amides is 2. The Hall–Kier alpha value is -2.23. The maximum atomic E-state index is 12.7. The van der Waals surface area contributed by atoms with Crippen molar-refractivity contribution in [2.45, 2.75) is 24.3 Å². The van der Waals surface area contributed by atoms with Gasteiger partial charge < -0.3 is 10.6 Å². The monoisotopic (exact) mass is 407 g/mol. The summed E-state index contributed by atoms with van der Waals surface area (Å²) in [6.45, 7) is 1.10. The standard InChI is InChI=1S/C18H21N3O4S2/c22-16(19-12-14-6-2-1-3-7-14)13-20-18(23)17-15(8-11-26-17)27(24,25)21-9-4-5-10-21/h1-3,6-8,11H,4-5,9-10,12-13H2,(H,19,22)(H,20,23). The second kappa shape index (κ2) is 8.64. The molecule has 0 unspecified atom stereocenters. The van der Waals surface area contributed by atoms with Crippen LogP contribution < -0.4 is 10.6 Å². The quantitative estimate of drug-likeness (QED) is 0.728. The largest absolute Gasteiger partial charge is 0.350 e. The lowest BCUT2D eigenvalue weighted by Crippen LogP contribution is -2.37. The summed E-state index contributed by atoms with van der Waals surface area (Å²) in [6.07, 6.45) is 1.65. The van der Waals surface area contributed by atoms with Gasteiger partial charge in [-0.1, -0.05) is 30.3 Å². The number of carbonyl (C=O) groups excluding carboxylic acids is 2. The van der Waals surface area contributed by atoms with Crippen LogP contribution in [-0.2, 0) is 21.4 Å². The molecule has 0 aliphatic carbocycles. The van der Waals surface area contributed by atoms with E-state index in [0.29, 0.717) is 19.6 Å². The van der Waals surface area contributed by atoms with Gasteiger partial charge in [-0.25, -0.2) is 8.42 Å². The molecule has 2 amide bonds. The lowest BCUT2D eigenvalue weighted by atomic mass is 10.2. The SMILES string of the molecule is O=C(CNC(=O)c1sccc1S(=O)(=O)N1CCCC1)NCc1ccccc1. The Morgan fingerprint density at radius 2 is 1.74 bits per heavy atom. The molecule has 27 heavy (non-hydrogen) atoms. The minimum absolute atomic E-state index is 0.0107. The fraction of sp³-hybridized carbons (Fsp3) is 0.333. The van der Waals surface area contributed by atoms with Crippen molar-refractivity contribution >= 4 is 33.2 Å². The molecule has 0 saturated carbocycles. The predicted molar refractivity (Wildman–Crippen MR) is 103 cm³/mol. The van der Waals surface area contributed by atoms with Crippen LogP contribution in [0.5, 0.6) is 0 Å². The number of hydrogen-bond donors (Lipinski definition) is 2. The Kier molecular flexibility index (Phi) is 6.25. The summed E-state index contributed by atoms with van der Waals surface area (Å²) in [5, 5.41) is 6.79. The predicted octanol–water partition coefficient (Wildman–Crippen LogP) is 1.58. The molecule has 7 nitrogen and oxygen atoms in total. The number of hydrogen-bond acceptors (Lipinski definition) is 5. The molecule has 2 N–H and O–H groups in total. The second-order valence-electron chi connectivity index (χ2n) is 6.17. The number of sulfonamides is 1. The molecule has 1 saturated heterocycles. The maximum absolute atomic E-state index is 12.7. The van der Waals surface area contributed by atoms with Gasteiger partial charge in [-0.2, -0.15) is 4.31 Å². The van der Waals surface area contributed by atoms with Crippen molar-refractivity contribution in [3.8, 4) is 0 Å². The Balaban J connectivity index is 1.57. The fourth-order valence-corrected chi connectivity index (χ4v) is 5.67. The van der Waals surface area contributed by atoms with Crippen LogP contribution >= 0.6 is 11.3 Å². The van der Waals surface area contributed by atoms with E-state index in [4.69, 9.17) is 0 Å². The smallest absolute Gasteiger partial charge is 0.263 e. The van der Waals surface area contributed by atoms with Crippen LogP contribution in [0, 0.1) is 0 Å². The average Bonchev–Trinajstić information content (AvgIpc) is 3.37. The molecule has 144 valence electrons. The third-order valence-corrected chi connectivity index (χ3v) is 7.24. The van der Waals surface area contributed by atoms with Crippen molar-refractivity contribution in [2.75, 3.05) is 19.6 Å². The Morgan fingerprint density at radius 1 is 1.04 bits per heavy atom. The van der Waals surface area contributed by atoms with Gasteiger partial charge in [0.1, 0.15) is 9.77 Å². The van der Waals surface area contributed by atoms with Gasteiger partial charge in [0.25, 0.3) is 5.91 Å². The first-order valence-electron chi connectivity index (χ1n) is 8.65. The van der Waals surface area contributed by atoms with Gasteiger partial charge in [-0.05, 0) is 29.9 Å². The number of benzene rings is 1. The molecule has 0 radical (unpaired) electrons. The fourth-order valence-electron chi connectivity index (χ4n) is 2.83. The van der Waals surface area contributed by atoms with Crippen molar-refractivity contribution in [1.29, 1.82) is 0 Å². The zero-order chi connectivity index (χ0) is 19.3. The van der Waals surface area contributed by atoms with E-state index >= 15 is 0 Å². The summed E-state index contributed by atoms with van der Waals surface area (Å²) in [5.74, 6) is -0.898. The Labute approximate surface area is 162 Å². The Morgan fingerprint density at radius 3 is 2.44 bits per heavy atom. The number of rotatable bonds is 7. The molecule has 3 rings (SSSR count). The van der Waals surface area contributed by atoms with Crippen LogP contribution in [0.3, 0.4) is 0 Å². The molecule has 1 aliphatic rings. The molecule has 0 spiro atoms. The van der Waals surface area contributed by atoms with Crippen LogP contribution in [0.4, 0.5) is 0 Å². The minimum atomic E-state index is -3.67. The number of nitrogens with one attached hydrogen (secondary N) is 2. The zero-order valence-electron chi connectivity index (χ0n) is 14.7. The highest BCUT2D eigenvalue weighted by atomic mass is 32.2. The molecule has 2 heterocycles. The van der Waals surface area contributed by atoms with E-state index < -0.39 is 15.9 Å². The molecule has 1 aromatic heterocycles. The van der Waals surface area contributed by atoms with Crippen molar-refractivity contribution in [3.63, 3.8) is 0 Å². The van der Waals surface area contributed by atoms with Gasteiger partial charge >= 0.3 is 0 Å². The third kappa shape index (κ3) is 4.74. The van der Waals surface area contributed by atoms with E-state index in [1.807, 2.05) is 30.3 Å². The topological polar surface area (TPSA) is 95.6 Å². The summed E-state index contributed by atoms with van der Waals surface area (Å²) < 4.78 is 26.8. The van der Waals surface area contributed by atoms with E-state index in [2.05, 4.69) is 10.6 Å². The van der Waals surface area contributed by atoms with Gasteiger partial charge in [0.15, 0.2) is 0 Å². The molecule has 1 aromatic carbocycles. The summed E-state index contributed by atoms with van der Waals surface area (Å²) in [6, 6.07) is 10.9. The number of thiophene rings is 1. The number of carbonyl (C=O) groups is 2. The summed E-state index contributed by atoms with van der Waals surface area (Å²) in [7, 11) is -3.67. The van der Waals surface area contributed by atoms with E-state index in [-0.39, 0.29) is 22.2 Å². The van der Waals surface area contributed by atoms with E-state index in [1.165, 1.54) is 10.4 Å². The van der Waals surface area contributed by atoms with Crippen LogP contribution in [0.1, 0.15) is 28.1 Å². The third-order valence-electron chi connectivity index (χ3n) is 4.26. The summed E-state index contributed by atoms with van der Waals surface area (Å²) in [4.78, 5) is 24.5. The van der Waals surface area contributed by atoms with Crippen molar-refractivity contribution in [2.24, 2.45) is 0 Å². The van der Waals surface area contributed by atoms with Gasteiger partial charge in [0, 0.05) is 19.6 Å². The normalized spacial score (nSPS) is 14.8. The highest BCUT2D eigenvalue weighted by Crippen LogP contribution is 2.27. The summed E-state index contributed by atoms with van der Waals surface area (Å²) in [5.41, 5.74) is 0.953. The first-order valence-corrected chi connectivity index (χ1v) is 11.0. The summed E-state index contributed by atoms with van der Waals surface area (Å²) >= 11 is 1.06. The van der Waals surface area contributed by atoms with Crippen molar-refractivity contribution in [3.05, 3.63) is 52.2 Å². The first-order chi connectivity index (χ1) is 13.0. The van der Waals surface area contributed by atoms with E-state index in [1.54, 1.807) is 5.38 Å². The van der Waals surface area contributed by atoms with Gasteiger partial charge in [-0.3, -0.25) is 9.59 Å². The number of nitrogens with zero attached hydrogens (tertiary/aromatic N) is 1. The molecule has 1 fully saturated rings. The van der Waals surface area contributed by atoms with Crippen LogP contribution in [0.2, 0.25) is 0 Å². The van der Waals surface area contributed by atoms with E-state index in [9.17, 15) is 18.0 Å². The molecule has 2 aromatic rings. The molecule has 0 atom stereocenters. The van der Waals surface area contributed by atoms with Crippen LogP contribution in [0.25, 0.3) is 0 Å². The van der Waals surface area contributed by atoms with Crippen molar-refractivity contribution < 1.29 is 18.0 Å². The molecule has 9 heteroatoms. The lowest BCUT2D eigenvalue weighted by molar-refractivity contribution is -0.120. The van der Waals surface area contributed by atoms with Gasteiger partial charge in [0.05, 0.1) is 6.54 Å². The zero-order valence-corrected chi connectivity index (χ0v) is 16.3. The Bertz CT molecular complexity index is 904. The molecule has 0 bridgehead atoms. The second-order valence-corrected chi connectivity index (χ2v) is 8.99. The highest BCUT2D eigenvalue weighted by Gasteiger charge is 2.31. The molecule has 1 aliphatic heterocycles. The van der Waals surface area contributed by atoms with Gasteiger partial charge in [0.2, 0.25) is 15.9 Å². The van der Waals surface area contributed by atoms with Crippen LogP contribution in [0.15, 0.2) is 46.7 Å². The van der Waals surface area contributed by atoms with E-state index in [0.717, 1.165) is 29.7 Å². The van der Waals surface area contributed by atoms with Crippen molar-refractivity contribution in [1.82, 2.24) is 14.9 Å². The molecular weight excluding hydrogens is 386 g/mol. The van der Waals surface area contributed by atoms with Crippen LogP contribution in [-0.4, -0.2) is 44.2 Å². The minimum Gasteiger partial charge on any atom is -0.350 e.